The minimum atomic E-state index is 0.656. The van der Waals surface area contributed by atoms with Gasteiger partial charge in [0.05, 0.1) is 12.3 Å². The monoisotopic (exact) mass is 301 g/mol. The van der Waals surface area contributed by atoms with E-state index >= 15 is 0 Å². The number of rotatable bonds is 6. The summed E-state index contributed by atoms with van der Waals surface area (Å²) in [7, 11) is 0. The molecule has 21 heavy (non-hydrogen) atoms. The first kappa shape index (κ1) is 14.1. The number of aromatic nitrogens is 2. The van der Waals surface area contributed by atoms with Gasteiger partial charge in [0, 0.05) is 29.3 Å². The highest BCUT2D eigenvalue weighted by molar-refractivity contribution is 7.15. The van der Waals surface area contributed by atoms with Gasteiger partial charge in [-0.05, 0) is 37.2 Å². The Morgan fingerprint density at radius 3 is 2.81 bits per heavy atom. The van der Waals surface area contributed by atoms with Gasteiger partial charge in [-0.15, -0.1) is 11.3 Å². The Morgan fingerprint density at radius 2 is 2.10 bits per heavy atom. The fourth-order valence-corrected chi connectivity index (χ4v) is 3.15. The van der Waals surface area contributed by atoms with Gasteiger partial charge in [0.25, 0.3) is 0 Å². The quantitative estimate of drug-likeness (QED) is 0.759. The number of thiazole rings is 1. The van der Waals surface area contributed by atoms with Crippen LogP contribution in [-0.2, 0) is 6.42 Å². The van der Waals surface area contributed by atoms with Crippen LogP contribution in [-0.4, -0.2) is 22.5 Å². The zero-order valence-corrected chi connectivity index (χ0v) is 12.9. The van der Waals surface area contributed by atoms with Gasteiger partial charge in [-0.3, -0.25) is 4.40 Å². The Balaban J connectivity index is 1.86. The van der Waals surface area contributed by atoms with Crippen LogP contribution < -0.4 is 10.5 Å². The minimum Gasteiger partial charge on any atom is -0.494 e. The van der Waals surface area contributed by atoms with Crippen molar-refractivity contribution in [2.75, 3.05) is 13.2 Å². The normalized spacial score (nSPS) is 11.1. The summed E-state index contributed by atoms with van der Waals surface area (Å²) in [5.74, 6) is 0.908. The van der Waals surface area contributed by atoms with Crippen molar-refractivity contribution >= 4 is 16.3 Å². The third kappa shape index (κ3) is 2.94. The summed E-state index contributed by atoms with van der Waals surface area (Å²) in [4.78, 5) is 5.69. The van der Waals surface area contributed by atoms with E-state index in [1.54, 1.807) is 11.3 Å². The Hall–Kier alpha value is -1.85. The Bertz CT molecular complexity index is 715. The predicted molar refractivity (Wildman–Crippen MR) is 87.0 cm³/mol. The van der Waals surface area contributed by atoms with Crippen LogP contribution in [0.4, 0.5) is 0 Å². The molecule has 0 radical (unpaired) electrons. The van der Waals surface area contributed by atoms with Crippen LogP contribution >= 0.6 is 11.3 Å². The molecule has 0 bridgehead atoms. The molecule has 2 N–H and O–H groups in total. The van der Waals surface area contributed by atoms with Crippen molar-refractivity contribution in [3.05, 3.63) is 41.5 Å². The summed E-state index contributed by atoms with van der Waals surface area (Å²) in [6, 6.07) is 8.11. The maximum atomic E-state index is 5.64. The first-order chi connectivity index (χ1) is 10.3. The van der Waals surface area contributed by atoms with E-state index in [1.165, 1.54) is 5.69 Å². The molecule has 3 aromatic rings. The van der Waals surface area contributed by atoms with Crippen LogP contribution in [0.25, 0.3) is 16.2 Å². The number of hydrogen-bond donors (Lipinski definition) is 1. The fourth-order valence-electron chi connectivity index (χ4n) is 2.24. The molecule has 0 saturated carbocycles. The highest BCUT2D eigenvalue weighted by Crippen LogP contribution is 2.25. The lowest BCUT2D eigenvalue weighted by atomic mass is 10.1. The lowest BCUT2D eigenvalue weighted by Crippen LogP contribution is -2.04. The third-order valence-corrected chi connectivity index (χ3v) is 4.20. The van der Waals surface area contributed by atoms with Crippen molar-refractivity contribution in [1.82, 2.24) is 9.38 Å². The molecule has 3 rings (SSSR count). The largest absolute Gasteiger partial charge is 0.494 e. The first-order valence-corrected chi connectivity index (χ1v) is 8.08. The van der Waals surface area contributed by atoms with Gasteiger partial charge in [-0.2, -0.15) is 0 Å². The van der Waals surface area contributed by atoms with Crippen molar-refractivity contribution in [3.8, 4) is 17.0 Å². The van der Waals surface area contributed by atoms with Crippen LogP contribution in [0.15, 0.2) is 35.8 Å². The second-order valence-corrected chi connectivity index (χ2v) is 5.75. The van der Waals surface area contributed by atoms with Crippen molar-refractivity contribution in [3.63, 3.8) is 0 Å². The van der Waals surface area contributed by atoms with Gasteiger partial charge < -0.3 is 10.5 Å². The van der Waals surface area contributed by atoms with E-state index < -0.39 is 0 Å². The molecule has 2 heterocycles. The number of ether oxygens (including phenoxy) is 1. The summed E-state index contributed by atoms with van der Waals surface area (Å²) in [5, 5.41) is 2.13. The molecule has 0 aliphatic heterocycles. The number of hydrogen-bond acceptors (Lipinski definition) is 4. The zero-order chi connectivity index (χ0) is 14.7. The van der Waals surface area contributed by atoms with Crippen molar-refractivity contribution in [2.24, 2.45) is 5.73 Å². The molecule has 0 amide bonds. The summed E-state index contributed by atoms with van der Waals surface area (Å²) in [5.41, 5.74) is 8.96. The predicted octanol–water partition coefficient (Wildman–Crippen LogP) is 3.35. The van der Waals surface area contributed by atoms with Crippen molar-refractivity contribution in [1.29, 1.82) is 0 Å². The second-order valence-electron chi connectivity index (χ2n) is 4.92. The van der Waals surface area contributed by atoms with Gasteiger partial charge >= 0.3 is 0 Å². The molecule has 4 nitrogen and oxygen atoms in total. The smallest absolute Gasteiger partial charge is 0.194 e. The van der Waals surface area contributed by atoms with Crippen molar-refractivity contribution < 1.29 is 4.74 Å². The maximum Gasteiger partial charge on any atom is 0.194 e. The van der Waals surface area contributed by atoms with Crippen LogP contribution in [0, 0.1) is 0 Å². The van der Waals surface area contributed by atoms with Crippen molar-refractivity contribution in [2.45, 2.75) is 19.8 Å². The minimum absolute atomic E-state index is 0.656. The number of imidazole rings is 1. The highest BCUT2D eigenvalue weighted by atomic mass is 32.1. The van der Waals surface area contributed by atoms with E-state index in [4.69, 9.17) is 10.5 Å². The highest BCUT2D eigenvalue weighted by Gasteiger charge is 2.09. The SMILES string of the molecule is CCCOc1ccc(-c2cn3c(CCN)csc3n2)cc1. The average molecular weight is 301 g/mol. The molecule has 1 aromatic carbocycles. The lowest BCUT2D eigenvalue weighted by molar-refractivity contribution is 0.317. The van der Waals surface area contributed by atoms with E-state index in [9.17, 15) is 0 Å². The maximum absolute atomic E-state index is 5.64. The van der Waals surface area contributed by atoms with Gasteiger partial charge in [0.15, 0.2) is 4.96 Å². The van der Waals surface area contributed by atoms with Crippen LogP contribution in [0.5, 0.6) is 5.75 Å². The van der Waals surface area contributed by atoms with Gasteiger partial charge in [-0.1, -0.05) is 6.92 Å². The summed E-state index contributed by atoms with van der Waals surface area (Å²) >= 11 is 1.66. The van der Waals surface area contributed by atoms with Gasteiger partial charge in [0.1, 0.15) is 5.75 Å². The van der Waals surface area contributed by atoms with E-state index in [2.05, 4.69) is 40.0 Å². The Labute approximate surface area is 128 Å². The van der Waals surface area contributed by atoms with E-state index in [1.807, 2.05) is 12.1 Å². The molecule has 0 unspecified atom stereocenters. The van der Waals surface area contributed by atoms with E-state index in [-0.39, 0.29) is 0 Å². The number of nitrogens with two attached hydrogens (primary N) is 1. The number of fused-ring (bicyclic) bond motifs is 1. The summed E-state index contributed by atoms with van der Waals surface area (Å²) < 4.78 is 7.74. The van der Waals surface area contributed by atoms with Gasteiger partial charge in [0.2, 0.25) is 0 Å². The lowest BCUT2D eigenvalue weighted by Gasteiger charge is -2.04. The van der Waals surface area contributed by atoms with E-state index in [0.717, 1.165) is 41.4 Å². The molecule has 110 valence electrons. The third-order valence-electron chi connectivity index (χ3n) is 3.31. The molecule has 0 fully saturated rings. The van der Waals surface area contributed by atoms with Crippen LogP contribution in [0.3, 0.4) is 0 Å². The Kier molecular flexibility index (Phi) is 4.22. The van der Waals surface area contributed by atoms with E-state index in [0.29, 0.717) is 6.54 Å². The van der Waals surface area contributed by atoms with Gasteiger partial charge in [-0.25, -0.2) is 4.98 Å². The molecule has 0 aliphatic carbocycles. The topological polar surface area (TPSA) is 52.5 Å². The molecule has 0 saturated heterocycles. The standard InChI is InChI=1S/C16H19N3OS/c1-2-9-20-14-5-3-12(4-6-14)15-10-19-13(7-8-17)11-21-16(19)18-15/h3-6,10-11H,2,7-9,17H2,1H3. The van der Waals surface area contributed by atoms with Crippen LogP contribution in [0.2, 0.25) is 0 Å². The fraction of sp³-hybridized carbons (Fsp3) is 0.312. The molecule has 0 atom stereocenters. The van der Waals surface area contributed by atoms with Crippen LogP contribution in [0.1, 0.15) is 19.0 Å². The molecule has 0 aliphatic rings. The number of nitrogens with zero attached hydrogens (tertiary/aromatic N) is 2. The zero-order valence-electron chi connectivity index (χ0n) is 12.1. The average Bonchev–Trinajstić information content (AvgIpc) is 3.08. The first-order valence-electron chi connectivity index (χ1n) is 7.20. The second kappa shape index (κ2) is 6.28. The molecule has 5 heteroatoms. The molecule has 0 spiro atoms. The number of benzene rings is 1. The molecular weight excluding hydrogens is 282 g/mol. The molecule has 2 aromatic heterocycles. The Morgan fingerprint density at radius 1 is 1.29 bits per heavy atom. The molecular formula is C16H19N3OS. The summed E-state index contributed by atoms with van der Waals surface area (Å²) in [6.45, 7) is 3.51. The summed E-state index contributed by atoms with van der Waals surface area (Å²) in [6.07, 6.45) is 3.97.